The average Bonchev–Trinajstić information content (AvgIpc) is 3.07. The number of piperazine rings is 1. The van der Waals surface area contributed by atoms with E-state index in [-0.39, 0.29) is 23.2 Å². The quantitative estimate of drug-likeness (QED) is 0.234. The lowest BCUT2D eigenvalue weighted by molar-refractivity contribution is 0.0643. The summed E-state index contributed by atoms with van der Waals surface area (Å²) in [6.45, 7) is 10.4. The van der Waals surface area contributed by atoms with Gasteiger partial charge in [0.15, 0.2) is 5.82 Å². The zero-order chi connectivity index (χ0) is 31.9. The van der Waals surface area contributed by atoms with Crippen LogP contribution >= 0.6 is 0 Å². The number of carbonyl (C=O) groups is 2. The van der Waals surface area contributed by atoms with Gasteiger partial charge in [-0.05, 0) is 73.8 Å². The van der Waals surface area contributed by atoms with Crippen molar-refractivity contribution in [3.05, 3.63) is 106 Å². The lowest BCUT2D eigenvalue weighted by Crippen LogP contribution is -2.48. The fourth-order valence-corrected chi connectivity index (χ4v) is 5.67. The van der Waals surface area contributed by atoms with E-state index in [2.05, 4.69) is 29.4 Å². The van der Waals surface area contributed by atoms with E-state index in [4.69, 9.17) is 4.98 Å². The molecule has 0 bridgehead atoms. The van der Waals surface area contributed by atoms with Crippen molar-refractivity contribution >= 4 is 29.0 Å². The maximum absolute atomic E-state index is 13.3. The maximum atomic E-state index is 13.3. The second-order valence-corrected chi connectivity index (χ2v) is 11.5. The molecule has 0 radical (unpaired) electrons. The summed E-state index contributed by atoms with van der Waals surface area (Å²) in [5, 5.41) is 6.24. The Hall–Kier alpha value is -4.76. The lowest BCUT2D eigenvalue weighted by Gasteiger charge is -2.34. The molecule has 9 heteroatoms. The predicted molar refractivity (Wildman–Crippen MR) is 180 cm³/mol. The number of carbonyl (C=O) groups excluding carboxylic acids is 2. The largest absolute Gasteiger partial charge is 0.336 e. The van der Waals surface area contributed by atoms with Crippen LogP contribution in [-0.2, 0) is 13.5 Å². The van der Waals surface area contributed by atoms with Crippen molar-refractivity contribution in [3.8, 4) is 11.3 Å². The van der Waals surface area contributed by atoms with E-state index in [0.717, 1.165) is 68.7 Å². The number of nitrogens with one attached hydrogen (secondary N) is 2. The Morgan fingerprint density at radius 2 is 1.64 bits per heavy atom. The van der Waals surface area contributed by atoms with Crippen molar-refractivity contribution < 1.29 is 9.59 Å². The van der Waals surface area contributed by atoms with Crippen LogP contribution in [0.4, 0.5) is 17.2 Å². The third-order valence-electron chi connectivity index (χ3n) is 8.49. The molecular weight excluding hydrogens is 564 g/mol. The molecule has 1 fully saturated rings. The number of likely N-dealkylation sites (N-methyl/N-ethyl adjacent to an activating group) is 1. The van der Waals surface area contributed by atoms with Gasteiger partial charge in [0.25, 0.3) is 17.4 Å². The van der Waals surface area contributed by atoms with Gasteiger partial charge in [0.05, 0.1) is 5.69 Å². The predicted octanol–water partition coefficient (Wildman–Crippen LogP) is 5.87. The fraction of sp³-hybridized carbons (Fsp3) is 0.333. The van der Waals surface area contributed by atoms with Crippen LogP contribution in [0.2, 0.25) is 0 Å². The minimum atomic E-state index is -0.279. The third kappa shape index (κ3) is 7.32. The number of aryl methyl sites for hydroxylation is 2. The lowest BCUT2D eigenvalue weighted by atomic mass is 10.0. The number of hydrogen-bond donors (Lipinski definition) is 2. The molecule has 2 amide bonds. The Bertz CT molecular complexity index is 1720. The summed E-state index contributed by atoms with van der Waals surface area (Å²) >= 11 is 0. The van der Waals surface area contributed by atoms with Crippen molar-refractivity contribution in [2.45, 2.75) is 40.0 Å². The summed E-state index contributed by atoms with van der Waals surface area (Å²) in [6, 6.07) is 20.6. The molecule has 5 rings (SSSR count). The van der Waals surface area contributed by atoms with Gasteiger partial charge in [-0.3, -0.25) is 14.4 Å². The van der Waals surface area contributed by atoms with Gasteiger partial charge in [0.1, 0.15) is 0 Å². The molecular formula is C36H42N6O3. The molecule has 9 nitrogen and oxygen atoms in total. The molecule has 0 unspecified atom stereocenters. The highest BCUT2D eigenvalue weighted by molar-refractivity contribution is 6.06. The van der Waals surface area contributed by atoms with Crippen molar-refractivity contribution in [2.75, 3.05) is 43.4 Å². The Morgan fingerprint density at radius 3 is 2.36 bits per heavy atom. The zero-order valence-corrected chi connectivity index (χ0v) is 26.6. The van der Waals surface area contributed by atoms with Crippen molar-refractivity contribution in [2.24, 2.45) is 7.05 Å². The van der Waals surface area contributed by atoms with Gasteiger partial charge < -0.3 is 25.0 Å². The summed E-state index contributed by atoms with van der Waals surface area (Å²) in [5.41, 5.74) is 5.62. The highest BCUT2D eigenvalue weighted by atomic mass is 16.2. The third-order valence-corrected chi connectivity index (χ3v) is 8.49. The summed E-state index contributed by atoms with van der Waals surface area (Å²) in [5.74, 6) is 0.0339. The van der Waals surface area contributed by atoms with E-state index in [1.165, 1.54) is 4.57 Å². The summed E-state index contributed by atoms with van der Waals surface area (Å²) in [4.78, 5) is 48.3. The topological polar surface area (TPSA) is 99.6 Å². The molecule has 0 atom stereocenters. The summed E-state index contributed by atoms with van der Waals surface area (Å²) < 4.78 is 1.49. The van der Waals surface area contributed by atoms with Crippen LogP contribution in [0.25, 0.3) is 11.3 Å². The molecule has 1 aromatic heterocycles. The van der Waals surface area contributed by atoms with E-state index in [0.29, 0.717) is 28.2 Å². The molecule has 1 saturated heterocycles. The zero-order valence-electron chi connectivity index (χ0n) is 26.6. The van der Waals surface area contributed by atoms with Gasteiger partial charge in [-0.1, -0.05) is 50.6 Å². The number of aromatic nitrogens is 2. The molecule has 234 valence electrons. The van der Waals surface area contributed by atoms with E-state index in [9.17, 15) is 14.4 Å². The van der Waals surface area contributed by atoms with Gasteiger partial charge in [-0.25, -0.2) is 4.98 Å². The van der Waals surface area contributed by atoms with Crippen molar-refractivity contribution in [1.82, 2.24) is 19.4 Å². The van der Waals surface area contributed by atoms with Crippen LogP contribution in [0.3, 0.4) is 0 Å². The monoisotopic (exact) mass is 606 g/mol. The Labute approximate surface area is 264 Å². The Morgan fingerprint density at radius 1 is 0.911 bits per heavy atom. The number of rotatable bonds is 10. The smallest absolute Gasteiger partial charge is 0.293 e. The Balaban J connectivity index is 1.34. The first-order valence-corrected chi connectivity index (χ1v) is 15.7. The van der Waals surface area contributed by atoms with Crippen LogP contribution in [0.1, 0.15) is 58.5 Å². The molecule has 2 heterocycles. The number of unbranched alkanes of at least 4 members (excludes halogenated alkanes) is 1. The standard InChI is InChI=1S/C36H42N6O3/c1-5-7-11-26-12-8-9-13-30(26)34(43)39-31-15-10-14-29(25(31)3)32-24-40(4)36(45)33(38-32)37-28-18-16-27(17-19-28)35(44)42-22-20-41(6-2)21-23-42/h8-10,12-19,24H,5-7,11,20-23H2,1-4H3,(H,37,38)(H,39,43). The van der Waals surface area contributed by atoms with Crippen LogP contribution < -0.4 is 16.2 Å². The average molecular weight is 607 g/mol. The molecule has 0 saturated carbocycles. The molecule has 1 aliphatic heterocycles. The van der Waals surface area contributed by atoms with Crippen molar-refractivity contribution in [3.63, 3.8) is 0 Å². The molecule has 0 spiro atoms. The van der Waals surface area contributed by atoms with Gasteiger partial charge in [0, 0.05) is 67.5 Å². The van der Waals surface area contributed by atoms with Gasteiger partial charge in [-0.2, -0.15) is 0 Å². The van der Waals surface area contributed by atoms with E-state index >= 15 is 0 Å². The van der Waals surface area contributed by atoms with E-state index < -0.39 is 0 Å². The minimum Gasteiger partial charge on any atom is -0.336 e. The van der Waals surface area contributed by atoms with Crippen LogP contribution in [0, 0.1) is 6.92 Å². The van der Waals surface area contributed by atoms with Gasteiger partial charge >= 0.3 is 0 Å². The van der Waals surface area contributed by atoms with Gasteiger partial charge in [0.2, 0.25) is 0 Å². The van der Waals surface area contributed by atoms with Crippen LogP contribution in [0.15, 0.2) is 77.7 Å². The first-order valence-electron chi connectivity index (χ1n) is 15.7. The molecule has 0 aliphatic carbocycles. The second kappa shape index (κ2) is 14.3. The number of anilines is 3. The van der Waals surface area contributed by atoms with Crippen LogP contribution in [-0.4, -0.2) is 63.9 Å². The number of hydrogen-bond acceptors (Lipinski definition) is 6. The van der Waals surface area contributed by atoms with Crippen LogP contribution in [0.5, 0.6) is 0 Å². The Kier molecular flexibility index (Phi) is 10.1. The maximum Gasteiger partial charge on any atom is 0.293 e. The molecule has 3 aromatic carbocycles. The fourth-order valence-electron chi connectivity index (χ4n) is 5.67. The normalized spacial score (nSPS) is 13.5. The highest BCUT2D eigenvalue weighted by Crippen LogP contribution is 2.29. The second-order valence-electron chi connectivity index (χ2n) is 11.5. The first kappa shape index (κ1) is 31.7. The minimum absolute atomic E-state index is 0.0141. The number of amides is 2. The molecule has 1 aliphatic rings. The van der Waals surface area contributed by atoms with E-state index in [1.54, 1.807) is 37.5 Å². The number of nitrogens with zero attached hydrogens (tertiary/aromatic N) is 4. The highest BCUT2D eigenvalue weighted by Gasteiger charge is 2.21. The SMILES string of the molecule is CCCCc1ccccc1C(=O)Nc1cccc(-c2cn(C)c(=O)c(Nc3ccc(C(=O)N4CCN(CC)CC4)cc3)n2)c1C. The summed E-state index contributed by atoms with van der Waals surface area (Å²) in [6.07, 6.45) is 4.63. The molecule has 2 N–H and O–H groups in total. The van der Waals surface area contributed by atoms with Crippen molar-refractivity contribution in [1.29, 1.82) is 0 Å². The number of benzene rings is 3. The summed E-state index contributed by atoms with van der Waals surface area (Å²) in [7, 11) is 1.69. The molecule has 4 aromatic rings. The van der Waals surface area contributed by atoms with E-state index in [1.807, 2.05) is 54.3 Å². The molecule has 45 heavy (non-hydrogen) atoms. The first-order chi connectivity index (χ1) is 21.8. The van der Waals surface area contributed by atoms with Gasteiger partial charge in [-0.15, -0.1) is 0 Å².